The van der Waals surface area contributed by atoms with E-state index in [4.69, 9.17) is 15.7 Å². The minimum atomic E-state index is -0.468. The normalized spacial score (nSPS) is 11.1. The number of rotatable bonds is 5. The van der Waals surface area contributed by atoms with Crippen LogP contribution in [0, 0.1) is 10.1 Å². The van der Waals surface area contributed by atoms with Crippen LogP contribution in [0.3, 0.4) is 0 Å². The number of oxime groups is 1. The van der Waals surface area contributed by atoms with Gasteiger partial charge in [0, 0.05) is 17.7 Å². The molecule has 0 atom stereocenters. The average Bonchev–Trinajstić information content (AvgIpc) is 2.52. The summed E-state index contributed by atoms with van der Waals surface area (Å²) in [7, 11) is 0. The molecule has 0 amide bonds. The van der Waals surface area contributed by atoms with Gasteiger partial charge in [0.15, 0.2) is 5.84 Å². The number of ether oxygens (including phenoxy) is 1. The Balaban J connectivity index is 2.04. The van der Waals surface area contributed by atoms with E-state index in [0.29, 0.717) is 11.3 Å². The molecule has 0 aliphatic rings. The monoisotopic (exact) mass is 287 g/mol. The van der Waals surface area contributed by atoms with Crippen molar-refractivity contribution in [3.05, 3.63) is 69.8 Å². The Kier molecular flexibility index (Phi) is 4.35. The number of nitro benzene ring substituents is 1. The van der Waals surface area contributed by atoms with Crippen molar-refractivity contribution in [1.82, 2.24) is 0 Å². The van der Waals surface area contributed by atoms with E-state index in [2.05, 4.69) is 5.16 Å². The minimum Gasteiger partial charge on any atom is -0.489 e. The largest absolute Gasteiger partial charge is 0.489 e. The number of benzene rings is 2. The van der Waals surface area contributed by atoms with Gasteiger partial charge >= 0.3 is 0 Å². The lowest BCUT2D eigenvalue weighted by Crippen LogP contribution is -2.13. The van der Waals surface area contributed by atoms with E-state index in [1.54, 1.807) is 18.2 Å². The summed E-state index contributed by atoms with van der Waals surface area (Å²) in [5.41, 5.74) is 6.94. The molecule has 0 aliphatic heterocycles. The fourth-order valence-corrected chi connectivity index (χ4v) is 1.71. The molecule has 7 nitrogen and oxygen atoms in total. The fraction of sp³-hybridized carbons (Fsp3) is 0.0714. The van der Waals surface area contributed by atoms with E-state index < -0.39 is 4.92 Å². The highest BCUT2D eigenvalue weighted by molar-refractivity contribution is 5.97. The first-order chi connectivity index (χ1) is 10.1. The van der Waals surface area contributed by atoms with Gasteiger partial charge in [0.05, 0.1) is 4.92 Å². The van der Waals surface area contributed by atoms with Gasteiger partial charge in [-0.05, 0) is 23.8 Å². The van der Waals surface area contributed by atoms with Gasteiger partial charge in [0.25, 0.3) is 5.69 Å². The maximum Gasteiger partial charge on any atom is 0.269 e. The third-order valence-corrected chi connectivity index (χ3v) is 2.78. The number of hydrogen-bond acceptors (Lipinski definition) is 5. The zero-order valence-corrected chi connectivity index (χ0v) is 11.0. The molecule has 0 unspecified atom stereocenters. The Morgan fingerprint density at radius 2 is 2.00 bits per heavy atom. The summed E-state index contributed by atoms with van der Waals surface area (Å²) in [6, 6.07) is 12.9. The van der Waals surface area contributed by atoms with Crippen LogP contribution in [0.2, 0.25) is 0 Å². The minimum absolute atomic E-state index is 0.0104. The first-order valence-corrected chi connectivity index (χ1v) is 6.04. The Bertz CT molecular complexity index is 668. The molecule has 21 heavy (non-hydrogen) atoms. The highest BCUT2D eigenvalue weighted by Crippen LogP contribution is 2.18. The molecule has 108 valence electrons. The summed E-state index contributed by atoms with van der Waals surface area (Å²) in [5, 5.41) is 22.1. The molecule has 0 aromatic heterocycles. The van der Waals surface area contributed by atoms with Crippen molar-refractivity contribution >= 4 is 11.5 Å². The summed E-state index contributed by atoms with van der Waals surface area (Å²) in [4.78, 5) is 10.1. The predicted molar refractivity (Wildman–Crippen MR) is 76.4 cm³/mol. The zero-order valence-electron chi connectivity index (χ0n) is 11.0. The SMILES string of the molecule is N/C(=N\O)c1cccc(COc2ccc([N+](=O)[O-])cc2)c1. The molecule has 2 rings (SSSR count). The third kappa shape index (κ3) is 3.69. The van der Waals surface area contributed by atoms with Gasteiger partial charge in [0.1, 0.15) is 12.4 Å². The summed E-state index contributed by atoms with van der Waals surface area (Å²) < 4.78 is 5.53. The molecular formula is C14H13N3O4. The van der Waals surface area contributed by atoms with Crippen molar-refractivity contribution in [1.29, 1.82) is 0 Å². The van der Waals surface area contributed by atoms with Crippen LogP contribution in [-0.2, 0) is 6.61 Å². The Morgan fingerprint density at radius 1 is 1.29 bits per heavy atom. The Labute approximate surface area is 120 Å². The fourth-order valence-electron chi connectivity index (χ4n) is 1.71. The molecule has 0 saturated carbocycles. The van der Waals surface area contributed by atoms with Crippen LogP contribution in [0.4, 0.5) is 5.69 Å². The number of amidine groups is 1. The number of hydrogen-bond donors (Lipinski definition) is 2. The van der Waals surface area contributed by atoms with Crippen LogP contribution in [0.25, 0.3) is 0 Å². The van der Waals surface area contributed by atoms with Crippen molar-refractivity contribution in [2.24, 2.45) is 10.9 Å². The van der Waals surface area contributed by atoms with Gasteiger partial charge in [-0.2, -0.15) is 0 Å². The second kappa shape index (κ2) is 6.38. The van der Waals surface area contributed by atoms with Crippen LogP contribution in [0.15, 0.2) is 53.7 Å². The van der Waals surface area contributed by atoms with Crippen molar-refractivity contribution in [2.45, 2.75) is 6.61 Å². The van der Waals surface area contributed by atoms with E-state index in [1.807, 2.05) is 6.07 Å². The van der Waals surface area contributed by atoms with Crippen LogP contribution < -0.4 is 10.5 Å². The van der Waals surface area contributed by atoms with Gasteiger partial charge in [-0.1, -0.05) is 23.4 Å². The van der Waals surface area contributed by atoms with Gasteiger partial charge in [-0.25, -0.2) is 0 Å². The third-order valence-electron chi connectivity index (χ3n) is 2.78. The molecule has 0 radical (unpaired) electrons. The summed E-state index contributed by atoms with van der Waals surface area (Å²) >= 11 is 0. The molecule has 0 aliphatic carbocycles. The first-order valence-electron chi connectivity index (χ1n) is 6.04. The van der Waals surface area contributed by atoms with E-state index in [9.17, 15) is 10.1 Å². The van der Waals surface area contributed by atoms with Gasteiger partial charge in [-0.15, -0.1) is 0 Å². The second-order valence-electron chi connectivity index (χ2n) is 4.23. The van der Waals surface area contributed by atoms with Crippen LogP contribution >= 0.6 is 0 Å². The molecule has 0 saturated heterocycles. The van der Waals surface area contributed by atoms with Crippen LogP contribution in [0.5, 0.6) is 5.75 Å². The van der Waals surface area contributed by atoms with Crippen molar-refractivity contribution < 1.29 is 14.9 Å². The second-order valence-corrected chi connectivity index (χ2v) is 4.23. The van der Waals surface area contributed by atoms with Gasteiger partial charge in [-0.3, -0.25) is 10.1 Å². The lowest BCUT2D eigenvalue weighted by atomic mass is 10.1. The lowest BCUT2D eigenvalue weighted by Gasteiger charge is -2.07. The Morgan fingerprint density at radius 3 is 2.62 bits per heavy atom. The van der Waals surface area contributed by atoms with Gasteiger partial charge < -0.3 is 15.7 Å². The molecule has 2 aromatic carbocycles. The van der Waals surface area contributed by atoms with E-state index >= 15 is 0 Å². The van der Waals surface area contributed by atoms with Crippen molar-refractivity contribution in [2.75, 3.05) is 0 Å². The standard InChI is InChI=1S/C14H13N3O4/c15-14(16-18)11-3-1-2-10(8-11)9-21-13-6-4-12(5-7-13)17(19)20/h1-8,18H,9H2,(H2,15,16). The molecule has 0 heterocycles. The Hall–Kier alpha value is -3.09. The zero-order chi connectivity index (χ0) is 15.2. The first kappa shape index (κ1) is 14.3. The molecule has 0 fully saturated rings. The molecule has 3 N–H and O–H groups in total. The maximum absolute atomic E-state index is 10.5. The summed E-state index contributed by atoms with van der Waals surface area (Å²) in [5.74, 6) is 0.544. The summed E-state index contributed by atoms with van der Waals surface area (Å²) in [6.07, 6.45) is 0. The highest BCUT2D eigenvalue weighted by atomic mass is 16.6. The molecule has 2 aromatic rings. The van der Waals surface area contributed by atoms with E-state index in [0.717, 1.165) is 5.56 Å². The molecular weight excluding hydrogens is 274 g/mol. The number of nitrogens with zero attached hydrogens (tertiary/aromatic N) is 2. The highest BCUT2D eigenvalue weighted by Gasteiger charge is 2.05. The number of non-ortho nitro benzene ring substituents is 1. The smallest absolute Gasteiger partial charge is 0.269 e. The van der Waals surface area contributed by atoms with E-state index in [-0.39, 0.29) is 18.1 Å². The van der Waals surface area contributed by atoms with Crippen LogP contribution in [-0.4, -0.2) is 16.0 Å². The van der Waals surface area contributed by atoms with Gasteiger partial charge in [0.2, 0.25) is 0 Å². The summed E-state index contributed by atoms with van der Waals surface area (Å²) in [6.45, 7) is 0.268. The lowest BCUT2D eigenvalue weighted by molar-refractivity contribution is -0.384. The topological polar surface area (TPSA) is 111 Å². The number of nitro groups is 1. The molecule has 7 heteroatoms. The van der Waals surface area contributed by atoms with Crippen molar-refractivity contribution in [3.63, 3.8) is 0 Å². The average molecular weight is 287 g/mol. The quantitative estimate of drug-likeness (QED) is 0.288. The van der Waals surface area contributed by atoms with E-state index in [1.165, 1.54) is 24.3 Å². The molecule has 0 bridgehead atoms. The van der Waals surface area contributed by atoms with Crippen LogP contribution in [0.1, 0.15) is 11.1 Å². The molecule has 0 spiro atoms. The van der Waals surface area contributed by atoms with Crippen molar-refractivity contribution in [3.8, 4) is 5.75 Å². The number of nitrogens with two attached hydrogens (primary N) is 1. The maximum atomic E-state index is 10.5. The predicted octanol–water partition coefficient (Wildman–Crippen LogP) is 2.27.